The van der Waals surface area contributed by atoms with E-state index in [-0.39, 0.29) is 25.0 Å². The number of halogens is 3. The molecule has 0 saturated carbocycles. The van der Waals surface area contributed by atoms with Crippen LogP contribution in [0.5, 0.6) is 0 Å². The Morgan fingerprint density at radius 1 is 1.09 bits per heavy atom. The number of thiocarbonyl (C=S) groups is 1. The molecule has 0 radical (unpaired) electrons. The molecule has 1 aliphatic rings. The van der Waals surface area contributed by atoms with Crippen molar-refractivity contribution in [2.24, 2.45) is 0 Å². The fourth-order valence-electron chi connectivity index (χ4n) is 2.92. The average molecular weight is 570 g/mol. The molecule has 35 heavy (non-hydrogen) atoms. The minimum Gasteiger partial charge on any atom is -0.457 e. The van der Waals surface area contributed by atoms with Crippen LogP contribution < -0.4 is 10.7 Å². The zero-order valence-corrected chi connectivity index (χ0v) is 21.0. The van der Waals surface area contributed by atoms with Crippen molar-refractivity contribution in [3.05, 3.63) is 84.4 Å². The summed E-state index contributed by atoms with van der Waals surface area (Å²) in [6.07, 6.45) is 1.45. The Balaban J connectivity index is 1.47. The van der Waals surface area contributed by atoms with Crippen LogP contribution >= 0.6 is 58.8 Å². The molecule has 2 N–H and O–H groups in total. The second kappa shape index (κ2) is 10.3. The fraction of sp³-hybridized carbons (Fsp3) is 0. The van der Waals surface area contributed by atoms with Gasteiger partial charge in [0.15, 0.2) is 4.32 Å². The molecule has 1 aliphatic heterocycles. The molecule has 1 fully saturated rings. The number of nitrogens with zero attached hydrogens (tertiary/aromatic N) is 2. The number of thioether (sulfide) groups is 1. The second-order valence-corrected chi connectivity index (χ2v) is 9.73. The Hall–Kier alpha value is -3.09. The number of nitro groups is 1. The number of carbonyl (C=O) groups excluding carboxylic acids is 2. The molecule has 1 saturated heterocycles. The van der Waals surface area contributed by atoms with E-state index < -0.39 is 16.9 Å². The van der Waals surface area contributed by atoms with Crippen LogP contribution in [-0.2, 0) is 4.79 Å². The summed E-state index contributed by atoms with van der Waals surface area (Å²) in [6.45, 7) is 0. The van der Waals surface area contributed by atoms with Gasteiger partial charge in [0.05, 0.1) is 19.9 Å². The molecule has 3 aromatic rings. The number of rotatable bonds is 5. The van der Waals surface area contributed by atoms with E-state index in [1.165, 1.54) is 30.3 Å². The van der Waals surface area contributed by atoms with Gasteiger partial charge in [0.25, 0.3) is 11.6 Å². The second-order valence-electron chi connectivity index (χ2n) is 6.84. The van der Waals surface area contributed by atoms with Crippen LogP contribution in [0.15, 0.2) is 57.9 Å². The van der Waals surface area contributed by atoms with Crippen LogP contribution in [0.2, 0.25) is 15.1 Å². The SMILES string of the molecule is O=C(Nc1ccc(Cl)c(Cl)c1)NN1C(=O)/C(=C\c2ccc(-c3ccc(Cl)c([N+](=O)[O-])c3)o2)SC1=S. The summed E-state index contributed by atoms with van der Waals surface area (Å²) in [7, 11) is 0. The lowest BCUT2D eigenvalue weighted by Gasteiger charge is -2.16. The number of carbonyl (C=O) groups is 2. The number of hydrogen-bond acceptors (Lipinski definition) is 7. The van der Waals surface area contributed by atoms with Gasteiger partial charge in [0.1, 0.15) is 16.5 Å². The Morgan fingerprint density at radius 2 is 1.83 bits per heavy atom. The van der Waals surface area contributed by atoms with Crippen LogP contribution in [0, 0.1) is 10.1 Å². The molecule has 2 aromatic carbocycles. The first-order chi connectivity index (χ1) is 16.6. The molecule has 178 valence electrons. The topological polar surface area (TPSA) is 118 Å². The van der Waals surface area contributed by atoms with Gasteiger partial charge in [0, 0.05) is 23.4 Å². The number of nitro benzene ring substituents is 1. The van der Waals surface area contributed by atoms with E-state index in [1.54, 1.807) is 24.3 Å². The highest BCUT2D eigenvalue weighted by molar-refractivity contribution is 8.26. The molecule has 0 bridgehead atoms. The molecule has 0 atom stereocenters. The Bertz CT molecular complexity index is 1430. The number of amides is 3. The van der Waals surface area contributed by atoms with Crippen molar-refractivity contribution in [1.82, 2.24) is 10.4 Å². The highest BCUT2D eigenvalue weighted by atomic mass is 35.5. The van der Waals surface area contributed by atoms with E-state index in [0.717, 1.165) is 16.8 Å². The van der Waals surface area contributed by atoms with E-state index >= 15 is 0 Å². The fourth-order valence-corrected chi connectivity index (χ4v) is 4.56. The van der Waals surface area contributed by atoms with Crippen molar-refractivity contribution in [1.29, 1.82) is 0 Å². The van der Waals surface area contributed by atoms with E-state index in [4.69, 9.17) is 51.4 Å². The lowest BCUT2D eigenvalue weighted by molar-refractivity contribution is -0.384. The molecule has 4 rings (SSSR count). The van der Waals surface area contributed by atoms with E-state index in [1.807, 2.05) is 0 Å². The molecule has 0 spiro atoms. The van der Waals surface area contributed by atoms with Gasteiger partial charge in [0.2, 0.25) is 0 Å². The third kappa shape index (κ3) is 5.60. The zero-order valence-electron chi connectivity index (χ0n) is 17.1. The number of nitrogens with one attached hydrogen (secondary N) is 2. The van der Waals surface area contributed by atoms with E-state index in [2.05, 4.69) is 10.7 Å². The highest BCUT2D eigenvalue weighted by Crippen LogP contribution is 2.34. The Labute approximate surface area is 222 Å². The van der Waals surface area contributed by atoms with E-state index in [9.17, 15) is 19.7 Å². The van der Waals surface area contributed by atoms with Gasteiger partial charge in [-0.05, 0) is 54.7 Å². The van der Waals surface area contributed by atoms with Gasteiger partial charge in [-0.25, -0.2) is 10.2 Å². The molecule has 14 heteroatoms. The quantitative estimate of drug-likeness (QED) is 0.151. The molecule has 3 amide bonds. The van der Waals surface area contributed by atoms with E-state index in [0.29, 0.717) is 27.8 Å². The third-order valence-corrected chi connectivity index (χ3v) is 6.87. The Morgan fingerprint density at radius 3 is 2.54 bits per heavy atom. The van der Waals surface area contributed by atoms with Gasteiger partial charge < -0.3 is 9.73 Å². The molecular weight excluding hydrogens is 559 g/mol. The maximum absolute atomic E-state index is 12.8. The summed E-state index contributed by atoms with van der Waals surface area (Å²) in [5, 5.41) is 15.2. The minimum atomic E-state index is -0.717. The van der Waals surface area contributed by atoms with Gasteiger partial charge >= 0.3 is 6.03 Å². The summed E-state index contributed by atoms with van der Waals surface area (Å²) in [5.74, 6) is 0.0772. The monoisotopic (exact) mass is 568 g/mol. The molecule has 0 unspecified atom stereocenters. The first kappa shape index (κ1) is 25.0. The predicted molar refractivity (Wildman–Crippen MR) is 139 cm³/mol. The van der Waals surface area contributed by atoms with Gasteiger partial charge in [-0.15, -0.1) is 0 Å². The largest absolute Gasteiger partial charge is 0.457 e. The van der Waals surface area contributed by atoms with Gasteiger partial charge in [-0.2, -0.15) is 5.01 Å². The lowest BCUT2D eigenvalue weighted by atomic mass is 10.1. The van der Waals surface area contributed by atoms with Crippen molar-refractivity contribution < 1.29 is 18.9 Å². The lowest BCUT2D eigenvalue weighted by Crippen LogP contribution is -2.46. The van der Waals surface area contributed by atoms with Crippen molar-refractivity contribution in [3.8, 4) is 11.3 Å². The molecule has 1 aromatic heterocycles. The first-order valence-corrected chi connectivity index (χ1v) is 11.8. The minimum absolute atomic E-state index is 0.00454. The van der Waals surface area contributed by atoms with Crippen LogP contribution in [0.1, 0.15) is 5.76 Å². The van der Waals surface area contributed by atoms with Crippen molar-refractivity contribution in [3.63, 3.8) is 0 Å². The summed E-state index contributed by atoms with van der Waals surface area (Å²) >= 11 is 23.8. The van der Waals surface area contributed by atoms with Gasteiger partial charge in [-0.1, -0.05) is 46.6 Å². The number of benzene rings is 2. The van der Waals surface area contributed by atoms with Crippen molar-refractivity contribution in [2.75, 3.05) is 5.32 Å². The molecule has 9 nitrogen and oxygen atoms in total. The number of hydrogen-bond donors (Lipinski definition) is 2. The molecule has 0 aliphatic carbocycles. The summed E-state index contributed by atoms with van der Waals surface area (Å²) in [5.41, 5.74) is 2.92. The molecular formula is C21H11Cl3N4O5S2. The van der Waals surface area contributed by atoms with Crippen LogP contribution in [0.3, 0.4) is 0 Å². The summed E-state index contributed by atoms with van der Waals surface area (Å²) in [6, 6.07) is 11.3. The predicted octanol–water partition coefficient (Wildman–Crippen LogP) is 6.75. The zero-order chi connectivity index (χ0) is 25.3. The average Bonchev–Trinajstić information content (AvgIpc) is 3.37. The van der Waals surface area contributed by atoms with Crippen molar-refractivity contribution in [2.45, 2.75) is 0 Å². The van der Waals surface area contributed by atoms with Crippen LogP contribution in [0.4, 0.5) is 16.2 Å². The number of hydrazine groups is 1. The first-order valence-electron chi connectivity index (χ1n) is 9.47. The number of anilines is 1. The van der Waals surface area contributed by atoms with Gasteiger partial charge in [-0.3, -0.25) is 14.9 Å². The standard InChI is InChI=1S/C21H11Cl3N4O5S2/c22-13-5-2-11(8-15(13)24)25-20(30)26-27-19(29)18(35-21(27)34)9-12-3-6-17(33-12)10-1-4-14(23)16(7-10)28(31)32/h1-9H,(H2,25,26,30)/b18-9+. The number of urea groups is 1. The smallest absolute Gasteiger partial charge is 0.338 e. The maximum atomic E-state index is 12.8. The Kier molecular flexibility index (Phi) is 7.33. The summed E-state index contributed by atoms with van der Waals surface area (Å²) in [4.78, 5) is 35.8. The third-order valence-electron chi connectivity index (χ3n) is 4.51. The molecule has 2 heterocycles. The summed E-state index contributed by atoms with van der Waals surface area (Å²) < 4.78 is 5.82. The van der Waals surface area contributed by atoms with Crippen molar-refractivity contribution >= 4 is 92.5 Å². The maximum Gasteiger partial charge on any atom is 0.338 e. The number of furan rings is 1. The van der Waals surface area contributed by atoms with Crippen LogP contribution in [0.25, 0.3) is 17.4 Å². The highest BCUT2D eigenvalue weighted by Gasteiger charge is 2.34. The normalized spacial score (nSPS) is 14.5. The van der Waals surface area contributed by atoms with Crippen LogP contribution in [-0.4, -0.2) is 26.2 Å².